The lowest BCUT2D eigenvalue weighted by Crippen LogP contribution is -2.45. The highest BCUT2D eigenvalue weighted by Gasteiger charge is 2.22. The summed E-state index contributed by atoms with van der Waals surface area (Å²) >= 11 is 0. The molecule has 1 heterocycles. The van der Waals surface area contributed by atoms with E-state index in [0.29, 0.717) is 6.61 Å². The van der Waals surface area contributed by atoms with E-state index in [1.807, 2.05) is 30.3 Å². The SMILES string of the molecule is Cl.OCC[C@H](c1cccc(OCc2ccccc2)c1)N1CCNCC1. The number of nitrogens with one attached hydrogen (secondary N) is 1. The first-order chi connectivity index (χ1) is 11.9. The van der Waals surface area contributed by atoms with Gasteiger partial charge in [0.05, 0.1) is 0 Å². The van der Waals surface area contributed by atoms with Gasteiger partial charge < -0.3 is 15.2 Å². The van der Waals surface area contributed by atoms with Gasteiger partial charge in [0.2, 0.25) is 0 Å². The number of halogens is 1. The molecule has 1 saturated heterocycles. The van der Waals surface area contributed by atoms with Crippen molar-refractivity contribution in [3.05, 3.63) is 65.7 Å². The van der Waals surface area contributed by atoms with Gasteiger partial charge in [-0.2, -0.15) is 0 Å². The largest absolute Gasteiger partial charge is 0.489 e. The van der Waals surface area contributed by atoms with Crippen LogP contribution in [0.3, 0.4) is 0 Å². The fourth-order valence-electron chi connectivity index (χ4n) is 3.23. The first-order valence-corrected chi connectivity index (χ1v) is 8.69. The summed E-state index contributed by atoms with van der Waals surface area (Å²) in [6, 6.07) is 18.7. The third-order valence-electron chi connectivity index (χ3n) is 4.49. The van der Waals surface area contributed by atoms with Crippen molar-refractivity contribution >= 4 is 12.4 Å². The molecule has 0 aliphatic carbocycles. The maximum Gasteiger partial charge on any atom is 0.120 e. The molecule has 2 aromatic carbocycles. The molecule has 0 spiro atoms. The number of nitrogens with zero attached hydrogens (tertiary/aromatic N) is 1. The molecule has 0 bridgehead atoms. The minimum absolute atomic E-state index is 0. The third-order valence-corrected chi connectivity index (χ3v) is 4.49. The van der Waals surface area contributed by atoms with Crippen LogP contribution in [0.5, 0.6) is 5.75 Å². The Hall–Kier alpha value is -1.59. The average Bonchev–Trinajstić information content (AvgIpc) is 2.66. The maximum atomic E-state index is 9.48. The molecule has 1 fully saturated rings. The van der Waals surface area contributed by atoms with Gasteiger partial charge in [-0.3, -0.25) is 4.90 Å². The van der Waals surface area contributed by atoms with Crippen molar-refractivity contribution in [1.29, 1.82) is 0 Å². The van der Waals surface area contributed by atoms with E-state index in [-0.39, 0.29) is 25.1 Å². The first kappa shape index (κ1) is 19.7. The van der Waals surface area contributed by atoms with E-state index in [2.05, 4.69) is 34.5 Å². The number of ether oxygens (including phenoxy) is 1. The highest BCUT2D eigenvalue weighted by molar-refractivity contribution is 5.85. The molecule has 0 saturated carbocycles. The van der Waals surface area contributed by atoms with Gasteiger partial charge in [-0.25, -0.2) is 0 Å². The molecule has 5 heteroatoms. The van der Waals surface area contributed by atoms with Crippen LogP contribution in [0.4, 0.5) is 0 Å². The lowest BCUT2D eigenvalue weighted by atomic mass is 10.0. The zero-order valence-electron chi connectivity index (χ0n) is 14.4. The molecule has 1 aliphatic rings. The monoisotopic (exact) mass is 362 g/mol. The molecule has 136 valence electrons. The minimum atomic E-state index is 0. The lowest BCUT2D eigenvalue weighted by Gasteiger charge is -2.35. The Morgan fingerprint density at radius 2 is 1.80 bits per heavy atom. The van der Waals surface area contributed by atoms with Gasteiger partial charge in [0, 0.05) is 38.8 Å². The second-order valence-corrected chi connectivity index (χ2v) is 6.16. The van der Waals surface area contributed by atoms with Crippen LogP contribution in [0.2, 0.25) is 0 Å². The van der Waals surface area contributed by atoms with Crippen molar-refractivity contribution < 1.29 is 9.84 Å². The summed E-state index contributed by atoms with van der Waals surface area (Å²) in [4.78, 5) is 2.45. The topological polar surface area (TPSA) is 44.7 Å². The van der Waals surface area contributed by atoms with E-state index >= 15 is 0 Å². The molecule has 1 atom stereocenters. The highest BCUT2D eigenvalue weighted by atomic mass is 35.5. The number of hydrogen-bond acceptors (Lipinski definition) is 4. The van der Waals surface area contributed by atoms with Crippen molar-refractivity contribution in [2.24, 2.45) is 0 Å². The first-order valence-electron chi connectivity index (χ1n) is 8.69. The van der Waals surface area contributed by atoms with E-state index in [0.717, 1.165) is 43.9 Å². The third kappa shape index (κ3) is 5.72. The van der Waals surface area contributed by atoms with Crippen molar-refractivity contribution in [3.63, 3.8) is 0 Å². The molecule has 0 radical (unpaired) electrons. The van der Waals surface area contributed by atoms with Crippen LogP contribution >= 0.6 is 12.4 Å². The molecule has 4 nitrogen and oxygen atoms in total. The summed E-state index contributed by atoms with van der Waals surface area (Å²) in [7, 11) is 0. The Labute approximate surface area is 156 Å². The van der Waals surface area contributed by atoms with Crippen LogP contribution in [0.25, 0.3) is 0 Å². The second kappa shape index (κ2) is 10.4. The summed E-state index contributed by atoms with van der Waals surface area (Å²) in [5, 5.41) is 12.9. The predicted octanol–water partition coefficient (Wildman–Crippen LogP) is 3.02. The summed E-state index contributed by atoms with van der Waals surface area (Å²) in [5.41, 5.74) is 2.38. The van der Waals surface area contributed by atoms with Crippen LogP contribution < -0.4 is 10.1 Å². The second-order valence-electron chi connectivity index (χ2n) is 6.16. The Kier molecular flexibility index (Phi) is 8.22. The van der Waals surface area contributed by atoms with E-state index < -0.39 is 0 Å². The van der Waals surface area contributed by atoms with Gasteiger partial charge in [0.25, 0.3) is 0 Å². The van der Waals surface area contributed by atoms with E-state index in [1.54, 1.807) is 0 Å². The summed E-state index contributed by atoms with van der Waals surface area (Å²) in [5.74, 6) is 0.884. The molecule has 0 amide bonds. The van der Waals surface area contributed by atoms with Gasteiger partial charge in [-0.05, 0) is 29.7 Å². The molecule has 2 N–H and O–H groups in total. The van der Waals surface area contributed by atoms with Crippen LogP contribution in [0.15, 0.2) is 54.6 Å². The van der Waals surface area contributed by atoms with Gasteiger partial charge in [0.15, 0.2) is 0 Å². The van der Waals surface area contributed by atoms with Crippen molar-refractivity contribution in [3.8, 4) is 5.75 Å². The van der Waals surface area contributed by atoms with Crippen molar-refractivity contribution in [1.82, 2.24) is 10.2 Å². The van der Waals surface area contributed by atoms with Gasteiger partial charge >= 0.3 is 0 Å². The predicted molar refractivity (Wildman–Crippen MR) is 103 cm³/mol. The molecule has 2 aromatic rings. The van der Waals surface area contributed by atoms with Crippen LogP contribution in [0.1, 0.15) is 23.6 Å². The number of benzene rings is 2. The van der Waals surface area contributed by atoms with Gasteiger partial charge in [-0.1, -0.05) is 42.5 Å². The van der Waals surface area contributed by atoms with E-state index in [4.69, 9.17) is 4.74 Å². The number of rotatable bonds is 7. The fraction of sp³-hybridized carbons (Fsp3) is 0.400. The lowest BCUT2D eigenvalue weighted by molar-refractivity contribution is 0.141. The zero-order valence-corrected chi connectivity index (χ0v) is 15.3. The van der Waals surface area contributed by atoms with Gasteiger partial charge in [-0.15, -0.1) is 12.4 Å². The standard InChI is InChI=1S/C20H26N2O2.ClH/c23-14-9-20(22-12-10-21-11-13-22)18-7-4-8-19(15-18)24-16-17-5-2-1-3-6-17;/h1-8,15,20-21,23H,9-14,16H2;1H/t20-;/m1./s1. The summed E-state index contributed by atoms with van der Waals surface area (Å²) in [6.45, 7) is 4.81. The highest BCUT2D eigenvalue weighted by Crippen LogP contribution is 2.27. The Balaban J connectivity index is 0.00000225. The number of aliphatic hydroxyl groups is 1. The Bertz CT molecular complexity index is 618. The minimum Gasteiger partial charge on any atom is -0.489 e. The normalized spacial score (nSPS) is 16.0. The quantitative estimate of drug-likeness (QED) is 0.794. The average molecular weight is 363 g/mol. The van der Waals surface area contributed by atoms with Crippen LogP contribution in [0, 0.1) is 0 Å². The maximum absolute atomic E-state index is 9.48. The fourth-order valence-corrected chi connectivity index (χ4v) is 3.23. The van der Waals surface area contributed by atoms with Crippen LogP contribution in [-0.2, 0) is 6.61 Å². The van der Waals surface area contributed by atoms with E-state index in [9.17, 15) is 5.11 Å². The molecular formula is C20H27ClN2O2. The molecule has 0 aromatic heterocycles. The molecular weight excluding hydrogens is 336 g/mol. The zero-order chi connectivity index (χ0) is 16.6. The van der Waals surface area contributed by atoms with E-state index in [1.165, 1.54) is 5.56 Å². The number of piperazine rings is 1. The number of hydrogen-bond donors (Lipinski definition) is 2. The Morgan fingerprint density at radius 1 is 1.04 bits per heavy atom. The van der Waals surface area contributed by atoms with Crippen LogP contribution in [-0.4, -0.2) is 42.8 Å². The van der Waals surface area contributed by atoms with Crippen molar-refractivity contribution in [2.75, 3.05) is 32.8 Å². The molecule has 25 heavy (non-hydrogen) atoms. The molecule has 3 rings (SSSR count). The van der Waals surface area contributed by atoms with Crippen molar-refractivity contribution in [2.45, 2.75) is 19.1 Å². The van der Waals surface area contributed by atoms with Gasteiger partial charge in [0.1, 0.15) is 12.4 Å². The smallest absolute Gasteiger partial charge is 0.120 e. The molecule has 1 aliphatic heterocycles. The Morgan fingerprint density at radius 3 is 2.52 bits per heavy atom. The molecule has 0 unspecified atom stereocenters. The number of aliphatic hydroxyl groups excluding tert-OH is 1. The summed E-state index contributed by atoms with van der Waals surface area (Å²) in [6.07, 6.45) is 0.752. The summed E-state index contributed by atoms with van der Waals surface area (Å²) < 4.78 is 5.95.